The summed E-state index contributed by atoms with van der Waals surface area (Å²) < 4.78 is 32.1. The number of rotatable bonds is 8. The summed E-state index contributed by atoms with van der Waals surface area (Å²) in [6.07, 6.45) is 3.73. The van der Waals surface area contributed by atoms with Gasteiger partial charge in [-0.25, -0.2) is 8.42 Å². The van der Waals surface area contributed by atoms with E-state index in [2.05, 4.69) is 5.32 Å². The van der Waals surface area contributed by atoms with Crippen LogP contribution in [0, 0.1) is 12.8 Å². The average molecular weight is 411 g/mol. The summed E-state index contributed by atoms with van der Waals surface area (Å²) in [4.78, 5) is 23.9. The Balaban J connectivity index is 2.01. The number of carbonyl (C=O) groups is 2. The van der Waals surface area contributed by atoms with Gasteiger partial charge in [-0.05, 0) is 49.8 Å². The lowest BCUT2D eigenvalue weighted by Gasteiger charge is -2.26. The summed E-state index contributed by atoms with van der Waals surface area (Å²) in [5.74, 6) is -0.524. The average Bonchev–Trinajstić information content (AvgIpc) is 2.67. The van der Waals surface area contributed by atoms with Crippen LogP contribution in [0.1, 0.15) is 51.5 Å². The number of anilines is 1. The number of ether oxygens (including phenoxy) is 1. The molecule has 7 nitrogen and oxygen atoms in total. The third kappa shape index (κ3) is 6.31. The predicted octanol–water partition coefficient (Wildman–Crippen LogP) is 3.09. The summed E-state index contributed by atoms with van der Waals surface area (Å²) in [6.45, 7) is 6.44. The van der Waals surface area contributed by atoms with Crippen molar-refractivity contribution < 1.29 is 22.7 Å². The van der Waals surface area contributed by atoms with Gasteiger partial charge in [-0.15, -0.1) is 0 Å². The monoisotopic (exact) mass is 410 g/mol. The van der Waals surface area contributed by atoms with Gasteiger partial charge < -0.3 is 10.1 Å². The molecule has 0 radical (unpaired) electrons. The molecule has 156 valence electrons. The molecular weight excluding hydrogens is 380 g/mol. The number of aryl methyl sites for hydroxylation is 1. The molecule has 0 spiro atoms. The fourth-order valence-electron chi connectivity index (χ4n) is 2.96. The van der Waals surface area contributed by atoms with Crippen LogP contribution in [0.15, 0.2) is 23.1 Å². The highest BCUT2D eigenvalue weighted by molar-refractivity contribution is 7.89. The van der Waals surface area contributed by atoms with Crippen LogP contribution in [-0.2, 0) is 24.3 Å². The molecule has 1 aliphatic rings. The van der Waals surface area contributed by atoms with E-state index in [0.717, 1.165) is 24.8 Å². The molecule has 0 bridgehead atoms. The summed E-state index contributed by atoms with van der Waals surface area (Å²) >= 11 is 0. The fraction of sp³-hybridized carbons (Fsp3) is 0.600. The Morgan fingerprint density at radius 2 is 1.86 bits per heavy atom. The number of sulfonamides is 1. The molecule has 1 amide bonds. The highest BCUT2D eigenvalue weighted by atomic mass is 32.2. The van der Waals surface area contributed by atoms with E-state index in [9.17, 15) is 18.0 Å². The van der Waals surface area contributed by atoms with Crippen molar-refractivity contribution in [3.63, 3.8) is 0 Å². The number of hydrogen-bond acceptors (Lipinski definition) is 5. The Bertz CT molecular complexity index is 799. The second kappa shape index (κ2) is 10.0. The van der Waals surface area contributed by atoms with Gasteiger partial charge in [0.15, 0.2) is 6.61 Å². The number of nitrogens with one attached hydrogen (secondary N) is 1. The van der Waals surface area contributed by atoms with Gasteiger partial charge in [0.25, 0.3) is 5.91 Å². The predicted molar refractivity (Wildman–Crippen MR) is 107 cm³/mol. The number of benzene rings is 1. The van der Waals surface area contributed by atoms with Gasteiger partial charge in [0, 0.05) is 25.2 Å². The molecule has 8 heteroatoms. The van der Waals surface area contributed by atoms with Crippen LogP contribution in [-0.4, -0.2) is 44.3 Å². The molecule has 0 saturated carbocycles. The Labute approximate surface area is 167 Å². The van der Waals surface area contributed by atoms with E-state index in [0.29, 0.717) is 31.1 Å². The zero-order valence-electron chi connectivity index (χ0n) is 16.9. The van der Waals surface area contributed by atoms with Gasteiger partial charge in [-0.3, -0.25) is 9.59 Å². The van der Waals surface area contributed by atoms with Crippen molar-refractivity contribution in [1.82, 2.24) is 4.31 Å². The van der Waals surface area contributed by atoms with Crippen molar-refractivity contribution in [2.24, 2.45) is 5.92 Å². The van der Waals surface area contributed by atoms with Gasteiger partial charge in [-0.1, -0.05) is 26.3 Å². The SMILES string of the molecule is Cc1ccc(S(=O)(=O)N2CCCCC2)cc1NC(=O)COC(=O)CCC(C)C. The van der Waals surface area contributed by atoms with Crippen LogP contribution in [0.3, 0.4) is 0 Å². The summed E-state index contributed by atoms with van der Waals surface area (Å²) in [6, 6.07) is 4.69. The van der Waals surface area contributed by atoms with Crippen molar-refractivity contribution in [1.29, 1.82) is 0 Å². The van der Waals surface area contributed by atoms with E-state index in [1.807, 2.05) is 13.8 Å². The Hall–Kier alpha value is -1.93. The van der Waals surface area contributed by atoms with Crippen LogP contribution in [0.4, 0.5) is 5.69 Å². The lowest BCUT2D eigenvalue weighted by Crippen LogP contribution is -2.35. The van der Waals surface area contributed by atoms with Crippen molar-refractivity contribution in [3.8, 4) is 0 Å². The molecule has 1 aliphatic heterocycles. The van der Waals surface area contributed by atoms with Gasteiger partial charge in [0.2, 0.25) is 10.0 Å². The molecule has 1 aromatic rings. The molecule has 1 heterocycles. The number of piperidine rings is 1. The second-order valence-electron chi connectivity index (χ2n) is 7.58. The van der Waals surface area contributed by atoms with Crippen LogP contribution >= 0.6 is 0 Å². The first-order valence-electron chi connectivity index (χ1n) is 9.76. The number of esters is 1. The molecule has 1 fully saturated rings. The first-order valence-corrected chi connectivity index (χ1v) is 11.2. The summed E-state index contributed by atoms with van der Waals surface area (Å²) in [5, 5.41) is 2.65. The highest BCUT2D eigenvalue weighted by Crippen LogP contribution is 2.25. The minimum Gasteiger partial charge on any atom is -0.456 e. The third-order valence-electron chi connectivity index (χ3n) is 4.73. The molecule has 1 saturated heterocycles. The minimum absolute atomic E-state index is 0.157. The first kappa shape index (κ1) is 22.4. The second-order valence-corrected chi connectivity index (χ2v) is 9.52. The van der Waals surface area contributed by atoms with Crippen molar-refractivity contribution >= 4 is 27.6 Å². The molecule has 1 N–H and O–H groups in total. The standard InChI is InChI=1S/C20H30N2O5S/c1-15(2)7-10-20(24)27-14-19(23)21-18-13-17(9-8-16(18)3)28(25,26)22-11-5-4-6-12-22/h8-9,13,15H,4-7,10-12,14H2,1-3H3,(H,21,23). The third-order valence-corrected chi connectivity index (χ3v) is 6.62. The smallest absolute Gasteiger partial charge is 0.306 e. The zero-order chi connectivity index (χ0) is 20.7. The molecule has 0 aromatic heterocycles. The van der Waals surface area contributed by atoms with Gasteiger partial charge in [0.05, 0.1) is 4.90 Å². The Kier molecular flexibility index (Phi) is 8.00. The number of carbonyl (C=O) groups excluding carboxylic acids is 2. The largest absolute Gasteiger partial charge is 0.456 e. The normalized spacial score (nSPS) is 15.4. The van der Waals surface area contributed by atoms with Crippen LogP contribution < -0.4 is 5.32 Å². The van der Waals surface area contributed by atoms with Crippen LogP contribution in [0.5, 0.6) is 0 Å². The first-order chi connectivity index (χ1) is 13.2. The molecule has 0 unspecified atom stereocenters. The Morgan fingerprint density at radius 1 is 1.18 bits per heavy atom. The maximum absolute atomic E-state index is 12.8. The lowest BCUT2D eigenvalue weighted by molar-refractivity contribution is -0.147. The molecular formula is C20H30N2O5S. The van der Waals surface area contributed by atoms with Gasteiger partial charge in [0.1, 0.15) is 0 Å². The van der Waals surface area contributed by atoms with Gasteiger partial charge in [-0.2, -0.15) is 4.31 Å². The van der Waals surface area contributed by atoms with E-state index in [-0.39, 0.29) is 17.9 Å². The van der Waals surface area contributed by atoms with E-state index in [4.69, 9.17) is 4.74 Å². The zero-order valence-corrected chi connectivity index (χ0v) is 17.7. The quantitative estimate of drug-likeness (QED) is 0.665. The van der Waals surface area contributed by atoms with Gasteiger partial charge >= 0.3 is 5.97 Å². The topological polar surface area (TPSA) is 92.8 Å². The minimum atomic E-state index is -3.58. The van der Waals surface area contributed by atoms with E-state index >= 15 is 0 Å². The van der Waals surface area contributed by atoms with Crippen molar-refractivity contribution in [2.45, 2.75) is 57.8 Å². The maximum atomic E-state index is 12.8. The molecule has 0 aliphatic carbocycles. The number of nitrogens with zero attached hydrogens (tertiary/aromatic N) is 1. The molecule has 0 atom stereocenters. The lowest BCUT2D eigenvalue weighted by atomic mass is 10.1. The molecule has 1 aromatic carbocycles. The van der Waals surface area contributed by atoms with E-state index in [1.165, 1.54) is 10.4 Å². The summed E-state index contributed by atoms with van der Waals surface area (Å²) in [5.41, 5.74) is 1.14. The fourth-order valence-corrected chi connectivity index (χ4v) is 4.51. The van der Waals surface area contributed by atoms with Crippen LogP contribution in [0.2, 0.25) is 0 Å². The van der Waals surface area contributed by atoms with E-state index < -0.39 is 21.9 Å². The van der Waals surface area contributed by atoms with Crippen molar-refractivity contribution in [2.75, 3.05) is 25.0 Å². The number of hydrogen-bond donors (Lipinski definition) is 1. The Morgan fingerprint density at radius 3 is 2.50 bits per heavy atom. The number of amides is 1. The van der Waals surface area contributed by atoms with E-state index in [1.54, 1.807) is 19.1 Å². The maximum Gasteiger partial charge on any atom is 0.306 e. The molecule has 2 rings (SSSR count). The highest BCUT2D eigenvalue weighted by Gasteiger charge is 2.26. The van der Waals surface area contributed by atoms with Crippen molar-refractivity contribution in [3.05, 3.63) is 23.8 Å². The van der Waals surface area contributed by atoms with Crippen LogP contribution in [0.25, 0.3) is 0 Å². The molecule has 28 heavy (non-hydrogen) atoms. The summed E-state index contributed by atoms with van der Waals surface area (Å²) in [7, 11) is -3.58.